The van der Waals surface area contributed by atoms with Crippen molar-refractivity contribution in [3.05, 3.63) is 17.3 Å². The lowest BCUT2D eigenvalue weighted by Crippen LogP contribution is -2.99. The molecule has 10 heteroatoms. The minimum Gasteiger partial charge on any atom is -0.595 e. The maximum absolute atomic E-state index is 10.9. The zero-order chi connectivity index (χ0) is 14.4. The van der Waals surface area contributed by atoms with E-state index in [9.17, 15) is 14.8 Å². The Hall–Kier alpha value is -1.33. The number of nitrogens with one attached hydrogen (secondary N) is 1. The summed E-state index contributed by atoms with van der Waals surface area (Å²) in [6.07, 6.45) is 0. The molecule has 1 rings (SSSR count). The Balaban J connectivity index is 2.90. The number of quaternary nitrogens is 1. The molecule has 19 heavy (non-hydrogen) atoms. The summed E-state index contributed by atoms with van der Waals surface area (Å²) < 4.78 is 0. The van der Waals surface area contributed by atoms with Crippen LogP contribution in [0.2, 0.25) is 0 Å². The third kappa shape index (κ3) is 5.44. The molecule has 4 N–H and O–H groups in total. The van der Waals surface area contributed by atoms with Crippen LogP contribution in [0, 0.1) is 5.21 Å². The highest BCUT2D eigenvalue weighted by molar-refractivity contribution is 8.00. The molecule has 104 valence electrons. The molecule has 0 fully saturated rings. The molecule has 0 saturated heterocycles. The third-order valence-corrected chi connectivity index (χ3v) is 3.63. The van der Waals surface area contributed by atoms with E-state index >= 15 is 0 Å². The van der Waals surface area contributed by atoms with Crippen LogP contribution < -0.4 is 5.23 Å². The molecule has 0 bridgehead atoms. The van der Waals surface area contributed by atoms with Crippen molar-refractivity contribution in [2.75, 3.05) is 11.5 Å². The molecular formula is C9H10N2O6S2. The number of rotatable bonds is 7. The molecule has 1 heterocycles. The van der Waals surface area contributed by atoms with Crippen molar-refractivity contribution in [3.8, 4) is 0 Å². The number of pyridine rings is 1. The van der Waals surface area contributed by atoms with Crippen LogP contribution in [-0.2, 0) is 9.59 Å². The van der Waals surface area contributed by atoms with Gasteiger partial charge in [0.25, 0.3) is 0 Å². The van der Waals surface area contributed by atoms with Gasteiger partial charge in [0.15, 0.2) is 10.7 Å². The first kappa shape index (κ1) is 15.7. The van der Waals surface area contributed by atoms with Crippen LogP contribution in [0.15, 0.2) is 22.2 Å². The van der Waals surface area contributed by atoms with Crippen LogP contribution in [0.3, 0.4) is 0 Å². The number of carboxylic acid groups (broad SMARTS) is 2. The van der Waals surface area contributed by atoms with E-state index in [0.29, 0.717) is 5.03 Å². The van der Waals surface area contributed by atoms with Gasteiger partial charge in [-0.05, 0) is 6.07 Å². The van der Waals surface area contributed by atoms with Gasteiger partial charge >= 0.3 is 11.9 Å². The molecule has 1 aromatic heterocycles. The lowest BCUT2D eigenvalue weighted by atomic mass is 10.4. The number of aliphatic carboxylic acids is 2. The van der Waals surface area contributed by atoms with Crippen molar-refractivity contribution in [3.63, 3.8) is 0 Å². The molecule has 0 aliphatic rings. The predicted molar refractivity (Wildman–Crippen MR) is 66.7 cm³/mol. The summed E-state index contributed by atoms with van der Waals surface area (Å²) in [6, 6.07) is 2.67. The van der Waals surface area contributed by atoms with E-state index < -0.39 is 17.2 Å². The number of hydrogen-bond donors (Lipinski definition) is 4. The number of nitrogens with zero attached hydrogens (tertiary/aromatic N) is 1. The van der Waals surface area contributed by atoms with Gasteiger partial charge in [-0.1, -0.05) is 23.5 Å². The highest BCUT2D eigenvalue weighted by atomic mass is 32.2. The van der Waals surface area contributed by atoms with E-state index in [2.05, 4.69) is 4.98 Å². The predicted octanol–water partition coefficient (Wildman–Crippen LogP) is -0.162. The normalized spacial score (nSPS) is 12.1. The standard InChI is InChI=1S/C9H10N2O6S2/c12-7(13)3-18-6-2-1-5(11(16)17)9(10-6)19-4-8(14)15/h1-2,11,16H,3-4H2,(H,12,13)(H,14,15). The van der Waals surface area contributed by atoms with Crippen LogP contribution in [0.4, 0.5) is 5.69 Å². The largest absolute Gasteiger partial charge is 0.595 e. The van der Waals surface area contributed by atoms with E-state index in [1.165, 1.54) is 12.1 Å². The van der Waals surface area contributed by atoms with E-state index in [1.54, 1.807) is 0 Å². The smallest absolute Gasteiger partial charge is 0.313 e. The summed E-state index contributed by atoms with van der Waals surface area (Å²) in [5, 5.41) is 36.2. The topological polar surface area (TPSA) is 135 Å². The second-order valence-corrected chi connectivity index (χ2v) is 5.13. The summed E-state index contributed by atoms with van der Waals surface area (Å²) in [5.74, 6) is -2.64. The Morgan fingerprint density at radius 1 is 1.21 bits per heavy atom. The summed E-state index contributed by atoms with van der Waals surface area (Å²) in [7, 11) is 0. The van der Waals surface area contributed by atoms with Gasteiger partial charge in [-0.3, -0.25) is 9.59 Å². The van der Waals surface area contributed by atoms with Crippen LogP contribution in [0.1, 0.15) is 0 Å². The average molecular weight is 306 g/mol. The Morgan fingerprint density at radius 3 is 2.32 bits per heavy atom. The first-order valence-corrected chi connectivity index (χ1v) is 6.80. The molecule has 0 radical (unpaired) electrons. The van der Waals surface area contributed by atoms with Gasteiger partial charge in [0, 0.05) is 6.07 Å². The molecule has 0 saturated carbocycles. The first-order chi connectivity index (χ1) is 8.90. The maximum Gasteiger partial charge on any atom is 0.313 e. The fourth-order valence-electron chi connectivity index (χ4n) is 1.04. The Labute approximate surface area is 116 Å². The van der Waals surface area contributed by atoms with Crippen molar-refractivity contribution in [1.82, 2.24) is 4.98 Å². The molecule has 0 spiro atoms. The Morgan fingerprint density at radius 2 is 1.79 bits per heavy atom. The zero-order valence-corrected chi connectivity index (χ0v) is 11.0. The highest BCUT2D eigenvalue weighted by Gasteiger charge is 2.14. The van der Waals surface area contributed by atoms with Crippen molar-refractivity contribution >= 4 is 41.1 Å². The molecule has 0 aliphatic heterocycles. The van der Waals surface area contributed by atoms with Crippen LogP contribution in [0.5, 0.6) is 0 Å². The summed E-state index contributed by atoms with van der Waals surface area (Å²) in [4.78, 5) is 24.9. The first-order valence-electron chi connectivity index (χ1n) is 4.83. The molecular weight excluding hydrogens is 296 g/mol. The molecule has 1 unspecified atom stereocenters. The van der Waals surface area contributed by atoms with E-state index in [4.69, 9.17) is 15.4 Å². The molecule has 0 amide bonds. The van der Waals surface area contributed by atoms with Gasteiger partial charge in [-0.15, -0.1) is 0 Å². The van der Waals surface area contributed by atoms with E-state index in [1.807, 2.05) is 0 Å². The average Bonchev–Trinajstić information content (AvgIpc) is 2.33. The summed E-state index contributed by atoms with van der Waals surface area (Å²) >= 11 is 1.71. The van der Waals surface area contributed by atoms with Crippen LogP contribution in [-0.4, -0.2) is 43.8 Å². The van der Waals surface area contributed by atoms with Crippen molar-refractivity contribution in [1.29, 1.82) is 0 Å². The van der Waals surface area contributed by atoms with Crippen LogP contribution >= 0.6 is 23.5 Å². The zero-order valence-electron chi connectivity index (χ0n) is 9.40. The molecule has 0 aromatic carbocycles. The molecule has 1 aromatic rings. The summed E-state index contributed by atoms with van der Waals surface area (Å²) in [6.45, 7) is 0. The number of thioether (sulfide) groups is 2. The van der Waals surface area contributed by atoms with Gasteiger partial charge in [0.05, 0.1) is 16.5 Å². The second kappa shape index (κ2) is 7.31. The third-order valence-electron chi connectivity index (χ3n) is 1.74. The van der Waals surface area contributed by atoms with Crippen molar-refractivity contribution in [2.45, 2.75) is 10.1 Å². The van der Waals surface area contributed by atoms with Gasteiger partial charge in [-0.2, -0.15) is 5.23 Å². The van der Waals surface area contributed by atoms with Gasteiger partial charge in [0.1, 0.15) is 0 Å². The van der Waals surface area contributed by atoms with Crippen molar-refractivity contribution in [2.24, 2.45) is 0 Å². The fraction of sp³-hybridized carbons (Fsp3) is 0.222. The minimum atomic E-state index is -1.21. The SMILES string of the molecule is O=C(O)CSc1ccc([NH+]([O-])O)c(SCC(=O)O)n1. The highest BCUT2D eigenvalue weighted by Crippen LogP contribution is 2.26. The monoisotopic (exact) mass is 306 g/mol. The molecule has 8 nitrogen and oxygen atoms in total. The quantitative estimate of drug-likeness (QED) is 0.400. The van der Waals surface area contributed by atoms with E-state index in [-0.39, 0.29) is 22.2 Å². The Kier molecular flexibility index (Phi) is 6.05. The lowest BCUT2D eigenvalue weighted by Gasteiger charge is -2.14. The van der Waals surface area contributed by atoms with Gasteiger partial charge in [0.2, 0.25) is 0 Å². The lowest BCUT2D eigenvalue weighted by molar-refractivity contribution is -0.992. The summed E-state index contributed by atoms with van der Waals surface area (Å²) in [5.41, 5.74) is -0.106. The fourth-order valence-corrected chi connectivity index (χ4v) is 2.43. The minimum absolute atomic E-state index is 0.0605. The number of carboxylic acids is 2. The van der Waals surface area contributed by atoms with Gasteiger partial charge in [-0.25, -0.2) is 10.2 Å². The van der Waals surface area contributed by atoms with Crippen molar-refractivity contribution < 1.29 is 30.2 Å². The number of hydrogen-bond acceptors (Lipinski definition) is 7. The van der Waals surface area contributed by atoms with E-state index in [0.717, 1.165) is 23.5 Å². The van der Waals surface area contributed by atoms with Crippen LogP contribution in [0.25, 0.3) is 0 Å². The van der Waals surface area contributed by atoms with Gasteiger partial charge < -0.3 is 15.4 Å². The molecule has 0 aliphatic carbocycles. The number of aromatic nitrogens is 1. The number of carbonyl (C=O) groups is 2. The maximum atomic E-state index is 10.9. The molecule has 1 atom stereocenters. The Bertz CT molecular complexity index is 482. The second-order valence-electron chi connectivity index (χ2n) is 3.17.